The summed E-state index contributed by atoms with van der Waals surface area (Å²) in [4.78, 5) is 21.3. The summed E-state index contributed by atoms with van der Waals surface area (Å²) < 4.78 is 4.73. The number of carboxylic acids is 1. The Labute approximate surface area is 81.1 Å². The van der Waals surface area contributed by atoms with Gasteiger partial charge in [0.15, 0.2) is 0 Å². The first-order valence-electron chi connectivity index (χ1n) is 3.88. The summed E-state index contributed by atoms with van der Waals surface area (Å²) >= 11 is 0. The Kier molecular flexibility index (Phi) is 2.86. The first-order chi connectivity index (χ1) is 6.50. The first kappa shape index (κ1) is 10.2. The number of carbonyl (C=O) groups is 2. The molecule has 0 aliphatic carbocycles. The van der Waals surface area contributed by atoms with Crippen molar-refractivity contribution in [3.05, 3.63) is 36.2 Å². The van der Waals surface area contributed by atoms with E-state index in [1.807, 2.05) is 0 Å². The van der Waals surface area contributed by atoms with E-state index in [1.54, 1.807) is 0 Å². The Morgan fingerprint density at radius 1 is 1.43 bits per heavy atom. The number of carboxylic acid groups (broad SMARTS) is 1. The second-order valence-electron chi connectivity index (χ2n) is 2.72. The number of rotatable bonds is 2. The van der Waals surface area contributed by atoms with E-state index < -0.39 is 11.9 Å². The topological polar surface area (TPSA) is 63.6 Å². The van der Waals surface area contributed by atoms with E-state index in [0.717, 1.165) is 0 Å². The van der Waals surface area contributed by atoms with Gasteiger partial charge in [0.1, 0.15) is 5.75 Å². The summed E-state index contributed by atoms with van der Waals surface area (Å²) in [7, 11) is 0. The van der Waals surface area contributed by atoms with Gasteiger partial charge in [-0.05, 0) is 24.6 Å². The van der Waals surface area contributed by atoms with Crippen molar-refractivity contribution >= 4 is 11.9 Å². The molecule has 0 heterocycles. The van der Waals surface area contributed by atoms with Crippen LogP contribution in [0.2, 0.25) is 0 Å². The van der Waals surface area contributed by atoms with E-state index in [1.165, 1.54) is 25.1 Å². The van der Waals surface area contributed by atoms with E-state index in [2.05, 4.69) is 6.92 Å². The van der Waals surface area contributed by atoms with Crippen LogP contribution in [0.5, 0.6) is 5.75 Å². The molecule has 1 aromatic carbocycles. The molecule has 0 atom stereocenters. The maximum atomic E-state index is 10.7. The highest BCUT2D eigenvalue weighted by molar-refractivity contribution is 5.90. The zero-order valence-electron chi connectivity index (χ0n) is 7.61. The van der Waals surface area contributed by atoms with Gasteiger partial charge in [-0.2, -0.15) is 0 Å². The van der Waals surface area contributed by atoms with Gasteiger partial charge in [0.2, 0.25) is 0 Å². The van der Waals surface area contributed by atoms with Gasteiger partial charge in [-0.15, -0.1) is 0 Å². The van der Waals surface area contributed by atoms with Gasteiger partial charge >= 0.3 is 11.9 Å². The Hall–Kier alpha value is -1.84. The molecule has 4 heteroatoms. The summed E-state index contributed by atoms with van der Waals surface area (Å²) in [6.45, 7) is 4.79. The summed E-state index contributed by atoms with van der Waals surface area (Å²) in [6.07, 6.45) is 0. The molecule has 0 fully saturated rings. The van der Waals surface area contributed by atoms with Gasteiger partial charge in [-0.3, -0.25) is 4.79 Å². The highest BCUT2D eigenvalue weighted by Crippen LogP contribution is 2.17. The minimum atomic E-state index is -1.09. The second-order valence-corrected chi connectivity index (χ2v) is 2.72. The zero-order valence-corrected chi connectivity index (χ0v) is 7.61. The number of ether oxygens (including phenoxy) is 1. The number of carbonyl (C=O) groups excluding carboxylic acids is 1. The highest BCUT2D eigenvalue weighted by atomic mass is 16.5. The van der Waals surface area contributed by atoms with Gasteiger partial charge in [0, 0.05) is 6.92 Å². The minimum Gasteiger partial charge on any atom is -0.478 e. The normalized spacial score (nSPS) is 9.57. The van der Waals surface area contributed by atoms with Crippen LogP contribution in [-0.2, 0) is 4.79 Å². The van der Waals surface area contributed by atoms with Crippen LogP contribution in [0.1, 0.15) is 22.8 Å². The summed E-state index contributed by atoms with van der Waals surface area (Å²) in [5.74, 6) is -1.37. The predicted molar refractivity (Wildman–Crippen MR) is 49.2 cm³/mol. The van der Waals surface area contributed by atoms with Gasteiger partial charge in [-0.1, -0.05) is 6.07 Å². The van der Waals surface area contributed by atoms with Crippen molar-refractivity contribution in [3.8, 4) is 5.75 Å². The lowest BCUT2D eigenvalue weighted by Gasteiger charge is -2.04. The van der Waals surface area contributed by atoms with Crippen molar-refractivity contribution in [1.29, 1.82) is 0 Å². The van der Waals surface area contributed by atoms with E-state index in [-0.39, 0.29) is 11.3 Å². The van der Waals surface area contributed by atoms with Crippen LogP contribution in [0, 0.1) is 6.92 Å². The van der Waals surface area contributed by atoms with Crippen LogP contribution in [0.25, 0.3) is 0 Å². The molecule has 0 aliphatic heterocycles. The van der Waals surface area contributed by atoms with Crippen molar-refractivity contribution in [2.45, 2.75) is 6.92 Å². The minimum absolute atomic E-state index is 0.0313. The number of aromatic carboxylic acids is 1. The molecule has 0 aromatic heterocycles. The Balaban J connectivity index is 3.06. The molecule has 0 unspecified atom stereocenters. The third-order valence-corrected chi connectivity index (χ3v) is 1.57. The summed E-state index contributed by atoms with van der Waals surface area (Å²) in [6, 6.07) is 4.25. The molecule has 0 saturated heterocycles. The average Bonchev–Trinajstić information content (AvgIpc) is 2.07. The third-order valence-electron chi connectivity index (χ3n) is 1.57. The van der Waals surface area contributed by atoms with Crippen LogP contribution >= 0.6 is 0 Å². The van der Waals surface area contributed by atoms with Crippen LogP contribution in [0.3, 0.4) is 0 Å². The van der Waals surface area contributed by atoms with Crippen LogP contribution in [-0.4, -0.2) is 17.0 Å². The van der Waals surface area contributed by atoms with E-state index in [9.17, 15) is 9.59 Å². The fourth-order valence-corrected chi connectivity index (χ4v) is 0.984. The average molecular weight is 193 g/mol. The fraction of sp³-hybridized carbons (Fsp3) is 0.100. The molecule has 0 amide bonds. The second kappa shape index (κ2) is 3.91. The van der Waals surface area contributed by atoms with Crippen LogP contribution in [0.15, 0.2) is 18.2 Å². The third kappa shape index (κ3) is 2.32. The lowest BCUT2D eigenvalue weighted by molar-refractivity contribution is -0.131. The molecule has 73 valence electrons. The predicted octanol–water partition coefficient (Wildman–Crippen LogP) is 1.49. The number of hydrogen-bond acceptors (Lipinski definition) is 3. The number of esters is 1. The van der Waals surface area contributed by atoms with Crippen LogP contribution in [0.4, 0.5) is 0 Å². The quantitative estimate of drug-likeness (QED) is 0.571. The van der Waals surface area contributed by atoms with Crippen molar-refractivity contribution in [2.24, 2.45) is 0 Å². The van der Waals surface area contributed by atoms with Crippen molar-refractivity contribution in [2.75, 3.05) is 0 Å². The lowest BCUT2D eigenvalue weighted by Crippen LogP contribution is -2.04. The molecule has 0 aliphatic rings. The molecule has 0 spiro atoms. The molecular formula is C10H9O4. The fourth-order valence-electron chi connectivity index (χ4n) is 0.984. The zero-order chi connectivity index (χ0) is 10.7. The monoisotopic (exact) mass is 193 g/mol. The van der Waals surface area contributed by atoms with E-state index >= 15 is 0 Å². The molecule has 1 rings (SSSR count). The van der Waals surface area contributed by atoms with Crippen molar-refractivity contribution in [1.82, 2.24) is 0 Å². The molecule has 1 radical (unpaired) electrons. The lowest BCUT2D eigenvalue weighted by atomic mass is 10.1. The summed E-state index contributed by atoms with van der Waals surface area (Å²) in [5, 5.41) is 8.74. The molecule has 14 heavy (non-hydrogen) atoms. The summed E-state index contributed by atoms with van der Waals surface area (Å²) in [5.41, 5.74) is 0.414. The molecule has 0 bridgehead atoms. The molecule has 1 aromatic rings. The standard InChI is InChI=1S/C10H9O4/c1-6-3-4-8(14-7(2)11)5-9(6)10(12)13/h3-5H,1H2,2H3,(H,12,13). The van der Waals surface area contributed by atoms with Gasteiger partial charge < -0.3 is 9.84 Å². The highest BCUT2D eigenvalue weighted by Gasteiger charge is 2.09. The number of benzene rings is 1. The maximum absolute atomic E-state index is 10.7. The first-order valence-corrected chi connectivity index (χ1v) is 3.88. The maximum Gasteiger partial charge on any atom is 0.336 e. The Morgan fingerprint density at radius 3 is 2.57 bits per heavy atom. The Morgan fingerprint density at radius 2 is 2.07 bits per heavy atom. The van der Waals surface area contributed by atoms with Gasteiger partial charge in [-0.25, -0.2) is 4.79 Å². The van der Waals surface area contributed by atoms with Gasteiger partial charge in [0.25, 0.3) is 0 Å². The smallest absolute Gasteiger partial charge is 0.336 e. The SMILES string of the molecule is [CH2]c1ccc(OC(C)=O)cc1C(=O)O. The largest absolute Gasteiger partial charge is 0.478 e. The van der Waals surface area contributed by atoms with Crippen molar-refractivity contribution < 1.29 is 19.4 Å². The molecule has 0 saturated carbocycles. The van der Waals surface area contributed by atoms with Crippen LogP contribution < -0.4 is 4.74 Å². The molecular weight excluding hydrogens is 184 g/mol. The Bertz CT molecular complexity index is 382. The molecule has 4 nitrogen and oxygen atoms in total. The van der Waals surface area contributed by atoms with Gasteiger partial charge in [0.05, 0.1) is 5.56 Å². The molecule has 1 N–H and O–H groups in total. The van der Waals surface area contributed by atoms with Crippen molar-refractivity contribution in [3.63, 3.8) is 0 Å². The van der Waals surface area contributed by atoms with E-state index in [4.69, 9.17) is 9.84 Å². The van der Waals surface area contributed by atoms with E-state index in [0.29, 0.717) is 5.56 Å². The number of hydrogen-bond donors (Lipinski definition) is 1.